The van der Waals surface area contributed by atoms with Crippen molar-refractivity contribution in [1.82, 2.24) is 10.2 Å². The predicted molar refractivity (Wildman–Crippen MR) is 80.1 cm³/mol. The van der Waals surface area contributed by atoms with Crippen molar-refractivity contribution in [2.75, 3.05) is 26.8 Å². The first-order chi connectivity index (χ1) is 9.89. The summed E-state index contributed by atoms with van der Waals surface area (Å²) < 4.78 is 10.8. The Morgan fingerprint density at radius 2 is 1.90 bits per heavy atom. The zero-order valence-corrected chi connectivity index (χ0v) is 13.6. The lowest BCUT2D eigenvalue weighted by Crippen LogP contribution is -2.43. The Labute approximate surface area is 127 Å². The maximum Gasteiger partial charge on any atom is 0.410 e. The highest BCUT2D eigenvalue weighted by atomic mass is 16.6. The molecule has 3 unspecified atom stereocenters. The summed E-state index contributed by atoms with van der Waals surface area (Å²) in [5.74, 6) is 2.01. The van der Waals surface area contributed by atoms with Crippen molar-refractivity contribution >= 4 is 6.09 Å². The van der Waals surface area contributed by atoms with Crippen LogP contribution in [0.25, 0.3) is 0 Å². The molecule has 5 nitrogen and oxygen atoms in total. The molecule has 1 saturated heterocycles. The fourth-order valence-electron chi connectivity index (χ4n) is 3.49. The van der Waals surface area contributed by atoms with E-state index in [2.05, 4.69) is 5.32 Å². The molecule has 3 atom stereocenters. The predicted octanol–water partition coefficient (Wildman–Crippen LogP) is 1.87. The zero-order chi connectivity index (χ0) is 15.2. The molecule has 2 aliphatic carbocycles. The Morgan fingerprint density at radius 3 is 2.38 bits per heavy atom. The maximum atomic E-state index is 12.0. The van der Waals surface area contributed by atoms with Crippen molar-refractivity contribution in [2.24, 2.45) is 17.8 Å². The third-order valence-corrected chi connectivity index (χ3v) is 4.79. The Hall–Kier alpha value is -0.810. The molecule has 120 valence electrons. The SMILES string of the molecule is COCC(NC1C2CN(C(=O)OC(C)(C)C)CC21)C1CC1. The van der Waals surface area contributed by atoms with Gasteiger partial charge in [0.15, 0.2) is 0 Å². The second-order valence-electron chi connectivity index (χ2n) is 7.80. The van der Waals surface area contributed by atoms with Crippen molar-refractivity contribution in [1.29, 1.82) is 0 Å². The van der Waals surface area contributed by atoms with Crippen LogP contribution in [0.3, 0.4) is 0 Å². The molecular weight excluding hydrogens is 268 g/mol. The smallest absolute Gasteiger partial charge is 0.410 e. The van der Waals surface area contributed by atoms with Crippen molar-refractivity contribution in [2.45, 2.75) is 51.3 Å². The second-order valence-corrected chi connectivity index (χ2v) is 7.80. The molecule has 2 saturated carbocycles. The molecule has 0 aromatic heterocycles. The van der Waals surface area contributed by atoms with E-state index in [0.29, 0.717) is 23.9 Å². The van der Waals surface area contributed by atoms with Gasteiger partial charge in [-0.3, -0.25) is 0 Å². The molecule has 3 rings (SSSR count). The summed E-state index contributed by atoms with van der Waals surface area (Å²) in [7, 11) is 1.77. The van der Waals surface area contributed by atoms with E-state index in [1.54, 1.807) is 7.11 Å². The molecule has 0 radical (unpaired) electrons. The van der Waals surface area contributed by atoms with Gasteiger partial charge in [-0.05, 0) is 51.4 Å². The molecule has 1 amide bonds. The lowest BCUT2D eigenvalue weighted by Gasteiger charge is -2.26. The van der Waals surface area contributed by atoms with Crippen LogP contribution in [0.1, 0.15) is 33.6 Å². The quantitative estimate of drug-likeness (QED) is 0.841. The van der Waals surface area contributed by atoms with Gasteiger partial charge in [0, 0.05) is 32.3 Å². The number of nitrogens with zero attached hydrogens (tertiary/aromatic N) is 1. The highest BCUT2D eigenvalue weighted by Crippen LogP contribution is 2.47. The number of piperidine rings is 1. The van der Waals surface area contributed by atoms with E-state index in [9.17, 15) is 4.79 Å². The van der Waals surface area contributed by atoms with Crippen LogP contribution in [0.4, 0.5) is 4.79 Å². The van der Waals surface area contributed by atoms with Gasteiger partial charge in [0.2, 0.25) is 0 Å². The number of carbonyl (C=O) groups excluding carboxylic acids is 1. The molecule has 3 fully saturated rings. The molecule has 1 N–H and O–H groups in total. The Morgan fingerprint density at radius 1 is 1.29 bits per heavy atom. The van der Waals surface area contributed by atoms with Gasteiger partial charge in [0.05, 0.1) is 6.61 Å². The van der Waals surface area contributed by atoms with E-state index >= 15 is 0 Å². The van der Waals surface area contributed by atoms with Crippen LogP contribution < -0.4 is 5.32 Å². The standard InChI is InChI=1S/C16H28N2O3/c1-16(2,3)21-15(19)18-7-11-12(8-18)14(11)17-13(9-20-4)10-5-6-10/h10-14,17H,5-9H2,1-4H3. The molecule has 1 aliphatic heterocycles. The molecule has 3 aliphatic rings. The summed E-state index contributed by atoms with van der Waals surface area (Å²) in [6.45, 7) is 8.21. The van der Waals surface area contributed by atoms with E-state index in [1.165, 1.54) is 12.8 Å². The fourth-order valence-corrected chi connectivity index (χ4v) is 3.49. The van der Waals surface area contributed by atoms with Crippen LogP contribution in [-0.4, -0.2) is 55.5 Å². The van der Waals surface area contributed by atoms with E-state index in [-0.39, 0.29) is 6.09 Å². The summed E-state index contributed by atoms with van der Waals surface area (Å²) in [6, 6.07) is 1.07. The molecule has 21 heavy (non-hydrogen) atoms. The van der Waals surface area contributed by atoms with Crippen molar-refractivity contribution in [3.8, 4) is 0 Å². The minimum absolute atomic E-state index is 0.163. The summed E-state index contributed by atoms with van der Waals surface area (Å²) in [5.41, 5.74) is -0.406. The lowest BCUT2D eigenvalue weighted by molar-refractivity contribution is 0.0267. The van der Waals surface area contributed by atoms with E-state index in [0.717, 1.165) is 25.6 Å². The minimum Gasteiger partial charge on any atom is -0.444 e. The average Bonchev–Trinajstić information content (AvgIpc) is 3.26. The Bertz CT molecular complexity index is 391. The highest BCUT2D eigenvalue weighted by Gasteiger charge is 2.58. The minimum atomic E-state index is -0.406. The lowest BCUT2D eigenvalue weighted by atomic mass is 10.2. The first kappa shape index (κ1) is 15.1. The van der Waals surface area contributed by atoms with Crippen LogP contribution in [0.2, 0.25) is 0 Å². The van der Waals surface area contributed by atoms with E-state index in [1.807, 2.05) is 25.7 Å². The normalized spacial score (nSPS) is 32.8. The number of carbonyl (C=O) groups is 1. The average molecular weight is 296 g/mol. The highest BCUT2D eigenvalue weighted by molar-refractivity contribution is 5.69. The van der Waals surface area contributed by atoms with E-state index < -0.39 is 5.60 Å². The monoisotopic (exact) mass is 296 g/mol. The molecule has 0 spiro atoms. The van der Waals surface area contributed by atoms with Gasteiger partial charge in [0.1, 0.15) is 5.60 Å². The molecule has 0 aromatic carbocycles. The Balaban J connectivity index is 1.44. The van der Waals surface area contributed by atoms with Crippen molar-refractivity contribution in [3.05, 3.63) is 0 Å². The molecule has 0 aromatic rings. The van der Waals surface area contributed by atoms with Crippen LogP contribution in [-0.2, 0) is 9.47 Å². The van der Waals surface area contributed by atoms with Crippen molar-refractivity contribution in [3.63, 3.8) is 0 Å². The number of hydrogen-bond acceptors (Lipinski definition) is 4. The molecular formula is C16H28N2O3. The summed E-state index contributed by atoms with van der Waals surface area (Å²) in [5, 5.41) is 3.76. The molecule has 0 bridgehead atoms. The number of fused-ring (bicyclic) bond motifs is 1. The molecule has 5 heteroatoms. The Kier molecular flexibility index (Phi) is 3.91. The van der Waals surface area contributed by atoms with Crippen molar-refractivity contribution < 1.29 is 14.3 Å². The van der Waals surface area contributed by atoms with Gasteiger partial charge in [-0.25, -0.2) is 4.79 Å². The number of amides is 1. The summed E-state index contributed by atoms with van der Waals surface area (Å²) >= 11 is 0. The van der Waals surface area contributed by atoms with Gasteiger partial charge in [0.25, 0.3) is 0 Å². The van der Waals surface area contributed by atoms with Gasteiger partial charge < -0.3 is 19.7 Å². The third-order valence-electron chi connectivity index (χ3n) is 4.79. The second kappa shape index (κ2) is 5.43. The fraction of sp³-hybridized carbons (Fsp3) is 0.938. The van der Waals surface area contributed by atoms with Gasteiger partial charge in [-0.1, -0.05) is 0 Å². The van der Waals surface area contributed by atoms with Crippen LogP contribution in [0.15, 0.2) is 0 Å². The third kappa shape index (κ3) is 3.51. The van der Waals surface area contributed by atoms with Gasteiger partial charge in [-0.15, -0.1) is 0 Å². The van der Waals surface area contributed by atoms with Gasteiger partial charge >= 0.3 is 6.09 Å². The van der Waals surface area contributed by atoms with Crippen LogP contribution >= 0.6 is 0 Å². The largest absolute Gasteiger partial charge is 0.444 e. The number of rotatable bonds is 5. The first-order valence-electron chi connectivity index (χ1n) is 8.12. The number of ether oxygens (including phenoxy) is 2. The van der Waals surface area contributed by atoms with Crippen LogP contribution in [0, 0.1) is 17.8 Å². The van der Waals surface area contributed by atoms with Crippen LogP contribution in [0.5, 0.6) is 0 Å². The van der Waals surface area contributed by atoms with E-state index in [4.69, 9.17) is 9.47 Å². The number of hydrogen-bond donors (Lipinski definition) is 1. The number of methoxy groups -OCH3 is 1. The summed E-state index contributed by atoms with van der Waals surface area (Å²) in [4.78, 5) is 13.9. The summed E-state index contributed by atoms with van der Waals surface area (Å²) in [6.07, 6.45) is 2.49. The number of likely N-dealkylation sites (tertiary alicyclic amines) is 1. The number of nitrogens with one attached hydrogen (secondary N) is 1. The first-order valence-corrected chi connectivity index (χ1v) is 8.12. The molecule has 1 heterocycles. The maximum absolute atomic E-state index is 12.0. The zero-order valence-electron chi connectivity index (χ0n) is 13.6. The topological polar surface area (TPSA) is 50.8 Å². The van der Waals surface area contributed by atoms with Gasteiger partial charge in [-0.2, -0.15) is 0 Å².